The van der Waals surface area contributed by atoms with Crippen molar-refractivity contribution in [3.05, 3.63) is 23.1 Å². The highest BCUT2D eigenvalue weighted by atomic mass is 32.2. The standard InChI is InChI=1S/C6H9NO3S/c1-2-6(4-3-5-7)11(8,9)10/h2-5,7H,1H3,(H,8,9,10)/p+1/b4-3-,6-2+,7-5?. The van der Waals surface area contributed by atoms with E-state index in [0.717, 1.165) is 0 Å². The Morgan fingerprint density at radius 3 is 2.36 bits per heavy atom. The second-order valence-corrected chi connectivity index (χ2v) is 3.14. The number of nitrogens with two attached hydrogens (primary N) is 1. The van der Waals surface area contributed by atoms with Gasteiger partial charge < -0.3 is 0 Å². The number of hydrogen-bond acceptors (Lipinski definition) is 2. The summed E-state index contributed by atoms with van der Waals surface area (Å²) in [4.78, 5) is -0.167. The molecule has 4 nitrogen and oxygen atoms in total. The molecular formula is C6H10NO3S+. The number of allylic oxidation sites excluding steroid dienone is 3. The Balaban J connectivity index is 4.74. The van der Waals surface area contributed by atoms with Crippen LogP contribution in [0.5, 0.6) is 0 Å². The van der Waals surface area contributed by atoms with E-state index in [1.807, 2.05) is 0 Å². The van der Waals surface area contributed by atoms with Gasteiger partial charge in [0.15, 0.2) is 6.21 Å². The Labute approximate surface area is 65.5 Å². The molecule has 11 heavy (non-hydrogen) atoms. The van der Waals surface area contributed by atoms with Gasteiger partial charge in [0.25, 0.3) is 10.1 Å². The zero-order valence-corrected chi connectivity index (χ0v) is 6.88. The number of hydrogen-bond donors (Lipinski definition) is 2. The first-order valence-corrected chi connectivity index (χ1v) is 4.31. The van der Waals surface area contributed by atoms with Crippen LogP contribution in [0.3, 0.4) is 0 Å². The lowest BCUT2D eigenvalue weighted by atomic mass is 10.4. The average Bonchev–Trinajstić information content (AvgIpc) is 1.87. The van der Waals surface area contributed by atoms with Crippen LogP contribution < -0.4 is 5.41 Å². The van der Waals surface area contributed by atoms with Crippen LogP contribution in [0.4, 0.5) is 0 Å². The van der Waals surface area contributed by atoms with E-state index in [1.165, 1.54) is 31.4 Å². The number of rotatable bonds is 3. The fraction of sp³-hybridized carbons (Fsp3) is 0.167. The van der Waals surface area contributed by atoms with E-state index in [1.54, 1.807) is 0 Å². The molecule has 0 aromatic rings. The molecule has 0 amide bonds. The minimum atomic E-state index is -4.09. The molecule has 62 valence electrons. The molecule has 0 saturated carbocycles. The van der Waals surface area contributed by atoms with E-state index < -0.39 is 10.1 Å². The van der Waals surface area contributed by atoms with Gasteiger partial charge in [0, 0.05) is 6.08 Å². The van der Waals surface area contributed by atoms with Gasteiger partial charge in [0.05, 0.1) is 4.91 Å². The molecule has 0 aromatic heterocycles. The van der Waals surface area contributed by atoms with Crippen LogP contribution in [-0.2, 0) is 10.1 Å². The maximum atomic E-state index is 10.4. The molecule has 0 fully saturated rings. The van der Waals surface area contributed by atoms with Crippen molar-refractivity contribution in [1.29, 1.82) is 0 Å². The van der Waals surface area contributed by atoms with Crippen molar-refractivity contribution in [1.82, 2.24) is 0 Å². The summed E-state index contributed by atoms with van der Waals surface area (Å²) in [5.74, 6) is 0. The van der Waals surface area contributed by atoms with Gasteiger partial charge in [0.2, 0.25) is 0 Å². The van der Waals surface area contributed by atoms with E-state index >= 15 is 0 Å². The van der Waals surface area contributed by atoms with Crippen molar-refractivity contribution in [2.75, 3.05) is 0 Å². The molecule has 0 heterocycles. The zero-order valence-electron chi connectivity index (χ0n) is 6.06. The molecule has 0 rings (SSSR count). The van der Waals surface area contributed by atoms with Gasteiger partial charge in [-0.3, -0.25) is 9.96 Å². The van der Waals surface area contributed by atoms with E-state index in [2.05, 4.69) is 0 Å². The fourth-order valence-electron chi connectivity index (χ4n) is 0.482. The smallest absolute Gasteiger partial charge is 0.282 e. The van der Waals surface area contributed by atoms with Crippen molar-refractivity contribution in [2.45, 2.75) is 6.92 Å². The van der Waals surface area contributed by atoms with E-state index in [-0.39, 0.29) is 4.91 Å². The van der Waals surface area contributed by atoms with Gasteiger partial charge in [-0.2, -0.15) is 8.42 Å². The van der Waals surface area contributed by atoms with Gasteiger partial charge >= 0.3 is 0 Å². The van der Waals surface area contributed by atoms with Crippen molar-refractivity contribution in [3.63, 3.8) is 0 Å². The quantitative estimate of drug-likeness (QED) is 0.334. The lowest BCUT2D eigenvalue weighted by Crippen LogP contribution is -2.28. The van der Waals surface area contributed by atoms with E-state index in [0.29, 0.717) is 0 Å². The summed E-state index contributed by atoms with van der Waals surface area (Å²) in [6.07, 6.45) is 4.97. The van der Waals surface area contributed by atoms with Gasteiger partial charge in [-0.1, -0.05) is 6.08 Å². The monoisotopic (exact) mass is 176 g/mol. The molecule has 0 aromatic carbocycles. The predicted octanol–water partition coefficient (Wildman–Crippen LogP) is -0.836. The van der Waals surface area contributed by atoms with E-state index in [4.69, 9.17) is 9.96 Å². The van der Waals surface area contributed by atoms with Crippen LogP contribution in [0.15, 0.2) is 23.1 Å². The Bertz CT molecular complexity index is 287. The summed E-state index contributed by atoms with van der Waals surface area (Å²) in [6.45, 7) is 1.50. The first-order valence-electron chi connectivity index (χ1n) is 2.87. The van der Waals surface area contributed by atoms with Crippen molar-refractivity contribution in [2.24, 2.45) is 0 Å². The van der Waals surface area contributed by atoms with Gasteiger partial charge in [-0.15, -0.1) is 0 Å². The minimum Gasteiger partial charge on any atom is -0.282 e. The molecule has 0 aliphatic rings. The van der Waals surface area contributed by atoms with Crippen LogP contribution >= 0.6 is 0 Å². The molecule has 3 N–H and O–H groups in total. The summed E-state index contributed by atoms with van der Waals surface area (Å²) < 4.78 is 29.4. The van der Waals surface area contributed by atoms with Crippen LogP contribution in [0.2, 0.25) is 0 Å². The lowest BCUT2D eigenvalue weighted by Gasteiger charge is -1.92. The third-order valence-electron chi connectivity index (χ3n) is 0.954. The lowest BCUT2D eigenvalue weighted by molar-refractivity contribution is -0.104. The highest BCUT2D eigenvalue weighted by Crippen LogP contribution is 2.04. The van der Waals surface area contributed by atoms with Crippen LogP contribution in [0.1, 0.15) is 6.92 Å². The average molecular weight is 176 g/mol. The molecule has 0 spiro atoms. The maximum absolute atomic E-state index is 10.4. The molecule has 5 heteroatoms. The Kier molecular flexibility index (Phi) is 3.70. The summed E-state index contributed by atoms with van der Waals surface area (Å²) in [5, 5.41) is 4.96. The van der Waals surface area contributed by atoms with Crippen LogP contribution in [0.25, 0.3) is 0 Å². The Morgan fingerprint density at radius 2 is 2.09 bits per heavy atom. The zero-order chi connectivity index (χ0) is 8.91. The third kappa shape index (κ3) is 3.69. The second-order valence-electron chi connectivity index (χ2n) is 1.72. The van der Waals surface area contributed by atoms with Crippen LogP contribution in [0, 0.1) is 0 Å². The SMILES string of the molecule is C/C=C(\C=C/C=[NH2+])S(=O)(=O)O. The molecule has 0 atom stereocenters. The van der Waals surface area contributed by atoms with Crippen LogP contribution in [-0.4, -0.2) is 19.2 Å². The van der Waals surface area contributed by atoms with Crippen molar-refractivity contribution < 1.29 is 18.4 Å². The first kappa shape index (κ1) is 10.1. The van der Waals surface area contributed by atoms with E-state index in [9.17, 15) is 8.42 Å². The normalized spacial score (nSPS) is 13.8. The van der Waals surface area contributed by atoms with Gasteiger partial charge in [-0.05, 0) is 13.0 Å². The topological polar surface area (TPSA) is 80.0 Å². The highest BCUT2D eigenvalue weighted by Gasteiger charge is 2.07. The largest absolute Gasteiger partial charge is 0.294 e. The predicted molar refractivity (Wildman–Crippen MR) is 42.4 cm³/mol. The molecule has 0 unspecified atom stereocenters. The van der Waals surface area contributed by atoms with Gasteiger partial charge in [0.1, 0.15) is 0 Å². The molecule has 0 bridgehead atoms. The maximum Gasteiger partial charge on any atom is 0.294 e. The molecule has 0 saturated heterocycles. The highest BCUT2D eigenvalue weighted by molar-refractivity contribution is 7.90. The molecular weight excluding hydrogens is 166 g/mol. The minimum absolute atomic E-state index is 0.167. The summed E-state index contributed by atoms with van der Waals surface area (Å²) >= 11 is 0. The van der Waals surface area contributed by atoms with Crippen molar-refractivity contribution in [3.8, 4) is 0 Å². The summed E-state index contributed by atoms with van der Waals surface area (Å²) in [6, 6.07) is 0. The Morgan fingerprint density at radius 1 is 1.55 bits per heavy atom. The fourth-order valence-corrected chi connectivity index (χ4v) is 1.03. The van der Waals surface area contributed by atoms with Gasteiger partial charge in [-0.25, -0.2) is 0 Å². The Hall–Kier alpha value is -0.940. The summed E-state index contributed by atoms with van der Waals surface area (Å²) in [7, 11) is -4.09. The third-order valence-corrected chi connectivity index (χ3v) is 1.92. The molecule has 0 aliphatic carbocycles. The molecule has 0 aliphatic heterocycles. The molecule has 0 radical (unpaired) electrons. The second kappa shape index (κ2) is 4.05. The van der Waals surface area contributed by atoms with Crippen molar-refractivity contribution >= 4 is 16.3 Å². The summed E-state index contributed by atoms with van der Waals surface area (Å²) in [5.41, 5.74) is 0. The first-order chi connectivity index (χ1) is 5.02.